The third-order valence-corrected chi connectivity index (χ3v) is 5.96. The quantitative estimate of drug-likeness (QED) is 0.194. The van der Waals surface area contributed by atoms with E-state index in [0.29, 0.717) is 22.9 Å². The van der Waals surface area contributed by atoms with E-state index in [1.54, 1.807) is 24.3 Å². The van der Waals surface area contributed by atoms with Crippen molar-refractivity contribution in [1.29, 1.82) is 0 Å². The van der Waals surface area contributed by atoms with Crippen molar-refractivity contribution in [3.05, 3.63) is 99.4 Å². The highest BCUT2D eigenvalue weighted by atomic mass is 79.9. The summed E-state index contributed by atoms with van der Waals surface area (Å²) in [6.07, 6.45) is 0.373. The number of phenols is 1. The summed E-state index contributed by atoms with van der Waals surface area (Å²) >= 11 is 3.43. The largest absolute Gasteiger partial charge is 0.505 e. The number of nitrogens with one attached hydrogen (secondary N) is 2. The van der Waals surface area contributed by atoms with Gasteiger partial charge < -0.3 is 15.7 Å². The van der Waals surface area contributed by atoms with E-state index in [-0.39, 0.29) is 23.0 Å². The Hall–Kier alpha value is -3.71. The lowest BCUT2D eigenvalue weighted by Crippen LogP contribution is -2.36. The van der Waals surface area contributed by atoms with E-state index in [1.807, 2.05) is 55.5 Å². The third kappa shape index (κ3) is 5.04. The van der Waals surface area contributed by atoms with Crippen molar-refractivity contribution in [2.45, 2.75) is 19.4 Å². The topological polar surface area (TPSA) is 90.8 Å². The van der Waals surface area contributed by atoms with Gasteiger partial charge in [-0.2, -0.15) is 0 Å². The summed E-state index contributed by atoms with van der Waals surface area (Å²) in [5, 5.41) is 21.2. The molecule has 0 radical (unpaired) electrons. The Morgan fingerprint density at radius 1 is 0.970 bits per heavy atom. The number of anilines is 2. The number of carbonyl (C=O) groups excluding carboxylic acids is 1. The first-order chi connectivity index (χ1) is 16.0. The number of halogens is 1. The molecule has 0 aromatic heterocycles. The molecular weight excluding hydrogens is 482 g/mol. The van der Waals surface area contributed by atoms with Crippen LogP contribution in [0.1, 0.15) is 11.1 Å². The first kappa shape index (κ1) is 22.5. The lowest BCUT2D eigenvalue weighted by molar-refractivity contribution is -0.116. The van der Waals surface area contributed by atoms with Crippen molar-refractivity contribution in [2.75, 3.05) is 10.6 Å². The van der Waals surface area contributed by atoms with Gasteiger partial charge in [0.2, 0.25) is 5.91 Å². The van der Waals surface area contributed by atoms with Gasteiger partial charge >= 0.3 is 0 Å². The smallest absolute Gasteiger partial charge is 0.247 e. The zero-order valence-corrected chi connectivity index (χ0v) is 19.5. The lowest BCUT2D eigenvalue weighted by atomic mass is 10.0. The van der Waals surface area contributed by atoms with Gasteiger partial charge in [0, 0.05) is 27.4 Å². The number of rotatable bonds is 7. The van der Waals surface area contributed by atoms with Crippen LogP contribution in [0.15, 0.2) is 88.5 Å². The second kappa shape index (κ2) is 9.83. The van der Waals surface area contributed by atoms with Gasteiger partial charge in [-0.15, -0.1) is 4.91 Å². The lowest BCUT2D eigenvalue weighted by Gasteiger charge is -2.22. The molecule has 0 spiro atoms. The summed E-state index contributed by atoms with van der Waals surface area (Å²) in [5.74, 6) is -0.305. The Morgan fingerprint density at radius 2 is 1.67 bits per heavy atom. The molecule has 0 saturated carbocycles. The minimum atomic E-state index is -0.720. The van der Waals surface area contributed by atoms with Crippen LogP contribution in [0.25, 0.3) is 10.8 Å². The van der Waals surface area contributed by atoms with Crippen molar-refractivity contribution in [3.8, 4) is 5.75 Å². The second-order valence-electron chi connectivity index (χ2n) is 7.76. The molecular formula is C26H22BrN3O3. The third-order valence-electron chi connectivity index (χ3n) is 5.47. The average Bonchev–Trinajstić information content (AvgIpc) is 2.82. The molecule has 0 aliphatic carbocycles. The molecule has 33 heavy (non-hydrogen) atoms. The van der Waals surface area contributed by atoms with Gasteiger partial charge in [-0.1, -0.05) is 70.5 Å². The molecule has 6 nitrogen and oxygen atoms in total. The molecule has 0 aliphatic heterocycles. The molecule has 1 amide bonds. The summed E-state index contributed by atoms with van der Waals surface area (Å²) in [7, 11) is 0. The van der Waals surface area contributed by atoms with Crippen molar-refractivity contribution < 1.29 is 9.90 Å². The number of fused-ring (bicyclic) bond motifs is 1. The van der Waals surface area contributed by atoms with Gasteiger partial charge in [0.1, 0.15) is 17.5 Å². The summed E-state index contributed by atoms with van der Waals surface area (Å²) in [6, 6.07) is 22.9. The highest BCUT2D eigenvalue weighted by Crippen LogP contribution is 2.39. The normalized spacial score (nSPS) is 11.7. The number of carbonyl (C=O) groups is 1. The van der Waals surface area contributed by atoms with E-state index in [4.69, 9.17) is 0 Å². The molecule has 4 rings (SSSR count). The SMILES string of the molecule is Cc1cc(Br)ccc1NC(=O)[C@@H](Cc1ccccc1)Nc1cc(N=O)c2ccccc2c1O. The summed E-state index contributed by atoms with van der Waals surface area (Å²) in [6.45, 7) is 1.91. The minimum Gasteiger partial charge on any atom is -0.505 e. The van der Waals surface area contributed by atoms with Gasteiger partial charge in [0.25, 0.3) is 0 Å². The van der Waals surface area contributed by atoms with E-state index < -0.39 is 6.04 Å². The van der Waals surface area contributed by atoms with E-state index in [2.05, 4.69) is 31.7 Å². The summed E-state index contributed by atoms with van der Waals surface area (Å²) in [5.41, 5.74) is 3.02. The second-order valence-corrected chi connectivity index (χ2v) is 8.68. The van der Waals surface area contributed by atoms with Crippen molar-refractivity contribution in [3.63, 3.8) is 0 Å². The van der Waals surface area contributed by atoms with Gasteiger partial charge in [-0.25, -0.2) is 0 Å². The fraction of sp³-hybridized carbons (Fsp3) is 0.115. The van der Waals surface area contributed by atoms with Crippen LogP contribution in [0.5, 0.6) is 5.75 Å². The maximum Gasteiger partial charge on any atom is 0.247 e. The molecule has 0 unspecified atom stereocenters. The van der Waals surface area contributed by atoms with Crippen LogP contribution in [0, 0.1) is 11.8 Å². The van der Waals surface area contributed by atoms with Crippen molar-refractivity contribution in [2.24, 2.45) is 5.18 Å². The van der Waals surface area contributed by atoms with Crippen LogP contribution in [0.4, 0.5) is 17.1 Å². The van der Waals surface area contributed by atoms with E-state index in [0.717, 1.165) is 15.6 Å². The van der Waals surface area contributed by atoms with Gasteiger partial charge in [0.05, 0.1) is 5.69 Å². The molecule has 3 N–H and O–H groups in total. The molecule has 166 valence electrons. The van der Waals surface area contributed by atoms with Crippen LogP contribution in [-0.4, -0.2) is 17.1 Å². The van der Waals surface area contributed by atoms with Crippen LogP contribution in [0.3, 0.4) is 0 Å². The van der Waals surface area contributed by atoms with E-state index in [1.165, 1.54) is 6.07 Å². The summed E-state index contributed by atoms with van der Waals surface area (Å²) in [4.78, 5) is 24.8. The number of nitrogens with zero attached hydrogens (tertiary/aromatic N) is 1. The number of hydrogen-bond donors (Lipinski definition) is 3. The zero-order valence-electron chi connectivity index (χ0n) is 17.9. The first-order valence-electron chi connectivity index (χ1n) is 10.4. The number of phenolic OH excluding ortho intramolecular Hbond substituents is 1. The van der Waals surface area contributed by atoms with Gasteiger partial charge in [-0.05, 0) is 47.5 Å². The number of amides is 1. The molecule has 1 atom stereocenters. The van der Waals surface area contributed by atoms with Crippen molar-refractivity contribution >= 4 is 49.7 Å². The van der Waals surface area contributed by atoms with Gasteiger partial charge in [-0.3, -0.25) is 4.79 Å². The average molecular weight is 504 g/mol. The minimum absolute atomic E-state index is 0.0383. The maximum atomic E-state index is 13.3. The highest BCUT2D eigenvalue weighted by molar-refractivity contribution is 9.10. The Kier molecular flexibility index (Phi) is 6.70. The number of aryl methyl sites for hydroxylation is 1. The van der Waals surface area contributed by atoms with Crippen LogP contribution >= 0.6 is 15.9 Å². The van der Waals surface area contributed by atoms with E-state index in [9.17, 15) is 14.8 Å². The van der Waals surface area contributed by atoms with E-state index >= 15 is 0 Å². The number of hydrogen-bond acceptors (Lipinski definition) is 5. The zero-order chi connectivity index (χ0) is 23.4. The fourth-order valence-corrected chi connectivity index (χ4v) is 4.24. The predicted molar refractivity (Wildman–Crippen MR) is 136 cm³/mol. The number of nitroso groups, excluding NO2 is 1. The van der Waals surface area contributed by atoms with Crippen LogP contribution in [-0.2, 0) is 11.2 Å². The molecule has 4 aromatic carbocycles. The predicted octanol–water partition coefficient (Wildman–Crippen LogP) is 6.68. The molecule has 7 heteroatoms. The highest BCUT2D eigenvalue weighted by Gasteiger charge is 2.22. The Balaban J connectivity index is 1.70. The van der Waals surface area contributed by atoms with Crippen LogP contribution < -0.4 is 10.6 Å². The number of benzene rings is 4. The standard InChI is InChI=1S/C26H22BrN3O3/c1-16-13-18(27)11-12-21(16)29-26(32)24(14-17-7-3-2-4-8-17)28-23-15-22(30-33)19-9-5-6-10-20(19)25(23)31/h2-13,15,24,28,31H,14H2,1H3,(H,29,32)/t24-/m1/s1. The summed E-state index contributed by atoms with van der Waals surface area (Å²) < 4.78 is 0.923. The molecule has 0 bridgehead atoms. The molecule has 4 aromatic rings. The molecule has 0 heterocycles. The Bertz CT molecular complexity index is 1330. The van der Waals surface area contributed by atoms with Gasteiger partial charge in [0.15, 0.2) is 0 Å². The van der Waals surface area contributed by atoms with Crippen molar-refractivity contribution in [1.82, 2.24) is 0 Å². The molecule has 0 aliphatic rings. The fourth-order valence-electron chi connectivity index (χ4n) is 3.76. The molecule has 0 saturated heterocycles. The first-order valence-corrected chi connectivity index (χ1v) is 11.2. The van der Waals surface area contributed by atoms with Crippen LogP contribution in [0.2, 0.25) is 0 Å². The Morgan fingerprint density at radius 3 is 2.36 bits per heavy atom. The Labute approximate surface area is 199 Å². The number of aromatic hydroxyl groups is 1. The monoisotopic (exact) mass is 503 g/mol. The molecule has 0 fully saturated rings. The maximum absolute atomic E-state index is 13.3.